The number of aromatic hydroxyl groups is 1. The quantitative estimate of drug-likeness (QED) is 0.275. The molecule has 4 aromatic rings. The van der Waals surface area contributed by atoms with Crippen molar-refractivity contribution >= 4 is 33.7 Å². The van der Waals surface area contributed by atoms with Crippen molar-refractivity contribution < 1.29 is 9.84 Å². The number of hydrogen-bond donors (Lipinski definition) is 2. The largest absolute Gasteiger partial charge is 0.508 e. The molecule has 0 saturated heterocycles. The summed E-state index contributed by atoms with van der Waals surface area (Å²) in [6, 6.07) is 21.8. The van der Waals surface area contributed by atoms with Crippen LogP contribution in [-0.2, 0) is 0 Å². The van der Waals surface area contributed by atoms with Crippen LogP contribution < -0.4 is 4.74 Å². The first-order chi connectivity index (χ1) is 14.7. The monoisotopic (exact) mass is 418 g/mol. The molecule has 0 fully saturated rings. The van der Waals surface area contributed by atoms with Gasteiger partial charge >= 0.3 is 0 Å². The number of benzene rings is 3. The Bertz CT molecular complexity index is 1160. The van der Waals surface area contributed by atoms with Crippen LogP contribution in [0.2, 0.25) is 0 Å². The van der Waals surface area contributed by atoms with Crippen molar-refractivity contribution in [1.29, 1.82) is 0 Å². The summed E-state index contributed by atoms with van der Waals surface area (Å²) in [5, 5.41) is 18.0. The molecule has 30 heavy (non-hydrogen) atoms. The van der Waals surface area contributed by atoms with Crippen molar-refractivity contribution in [2.24, 2.45) is 0 Å². The molecule has 0 saturated carbocycles. The van der Waals surface area contributed by atoms with Crippen LogP contribution in [0.25, 0.3) is 22.0 Å². The van der Waals surface area contributed by atoms with Gasteiger partial charge in [0.2, 0.25) is 0 Å². The van der Waals surface area contributed by atoms with E-state index in [0.29, 0.717) is 12.5 Å². The van der Waals surface area contributed by atoms with Crippen LogP contribution >= 0.6 is 11.6 Å². The zero-order valence-corrected chi connectivity index (χ0v) is 17.5. The van der Waals surface area contributed by atoms with E-state index in [0.717, 1.165) is 45.3 Å². The Hall–Kier alpha value is -3.24. The van der Waals surface area contributed by atoms with Crippen LogP contribution in [-0.4, -0.2) is 27.8 Å². The molecule has 4 nitrogen and oxygen atoms in total. The number of H-pyrrole nitrogens is 1. The fraction of sp³-hybridized carbons (Fsp3) is 0.160. The summed E-state index contributed by atoms with van der Waals surface area (Å²) in [6.07, 6.45) is 2.69. The number of aromatic nitrogens is 2. The highest BCUT2D eigenvalue weighted by molar-refractivity contribution is 6.18. The molecule has 3 aromatic carbocycles. The normalized spacial score (nSPS) is 12.1. The summed E-state index contributed by atoms with van der Waals surface area (Å²) < 4.78 is 5.63. The van der Waals surface area contributed by atoms with Gasteiger partial charge in [-0.2, -0.15) is 5.10 Å². The number of phenolic OH excluding ortho intramolecular Hbond substituents is 1. The minimum absolute atomic E-state index is 0.251. The molecule has 1 aromatic heterocycles. The Kier molecular flexibility index (Phi) is 6.05. The zero-order chi connectivity index (χ0) is 20.9. The second-order valence-electron chi connectivity index (χ2n) is 6.99. The number of halogens is 1. The molecular formula is C25H23ClN2O2. The van der Waals surface area contributed by atoms with Crippen molar-refractivity contribution in [2.45, 2.75) is 13.3 Å². The number of alkyl halides is 1. The van der Waals surface area contributed by atoms with Crippen LogP contribution in [0.1, 0.15) is 30.0 Å². The van der Waals surface area contributed by atoms with Gasteiger partial charge in [-0.05, 0) is 70.7 Å². The summed E-state index contributed by atoms with van der Waals surface area (Å²) in [7, 11) is 0. The van der Waals surface area contributed by atoms with Gasteiger partial charge < -0.3 is 9.84 Å². The molecule has 152 valence electrons. The maximum Gasteiger partial charge on any atom is 0.119 e. The van der Waals surface area contributed by atoms with Crippen molar-refractivity contribution in [2.75, 3.05) is 12.5 Å². The lowest BCUT2D eigenvalue weighted by Crippen LogP contribution is -1.99. The Morgan fingerprint density at radius 3 is 2.30 bits per heavy atom. The van der Waals surface area contributed by atoms with E-state index in [1.165, 1.54) is 5.57 Å². The van der Waals surface area contributed by atoms with Gasteiger partial charge in [0.1, 0.15) is 18.1 Å². The number of hydrogen-bond acceptors (Lipinski definition) is 3. The lowest BCUT2D eigenvalue weighted by Gasteiger charge is -2.17. The molecule has 5 heteroatoms. The van der Waals surface area contributed by atoms with E-state index in [1.807, 2.05) is 30.5 Å². The fourth-order valence-electron chi connectivity index (χ4n) is 3.67. The van der Waals surface area contributed by atoms with E-state index in [9.17, 15) is 5.11 Å². The van der Waals surface area contributed by atoms with E-state index >= 15 is 0 Å². The third kappa shape index (κ3) is 4.19. The Morgan fingerprint density at radius 1 is 0.967 bits per heavy atom. The average Bonchev–Trinajstić information content (AvgIpc) is 3.25. The topological polar surface area (TPSA) is 58.1 Å². The molecule has 4 rings (SSSR count). The van der Waals surface area contributed by atoms with Crippen LogP contribution in [0, 0.1) is 0 Å². The number of aromatic amines is 1. The van der Waals surface area contributed by atoms with E-state index in [-0.39, 0.29) is 5.75 Å². The highest BCUT2D eigenvalue weighted by Gasteiger charge is 2.14. The Labute approximate surface area is 180 Å². The Balaban J connectivity index is 1.87. The molecule has 0 aliphatic carbocycles. The van der Waals surface area contributed by atoms with E-state index < -0.39 is 0 Å². The predicted molar refractivity (Wildman–Crippen MR) is 123 cm³/mol. The smallest absolute Gasteiger partial charge is 0.119 e. The number of ether oxygens (including phenoxy) is 1. The number of allylic oxidation sites excluding steroid dienone is 1. The minimum Gasteiger partial charge on any atom is -0.508 e. The van der Waals surface area contributed by atoms with Gasteiger partial charge in [-0.15, -0.1) is 11.6 Å². The van der Waals surface area contributed by atoms with Crippen LogP contribution in [0.5, 0.6) is 11.5 Å². The second-order valence-corrected chi connectivity index (χ2v) is 7.37. The average molecular weight is 419 g/mol. The van der Waals surface area contributed by atoms with Gasteiger partial charge in [0.05, 0.1) is 17.6 Å². The molecule has 0 atom stereocenters. The number of phenols is 1. The third-order valence-corrected chi connectivity index (χ3v) is 5.24. The van der Waals surface area contributed by atoms with Crippen molar-refractivity contribution in [3.8, 4) is 11.5 Å². The van der Waals surface area contributed by atoms with Gasteiger partial charge in [-0.1, -0.05) is 37.3 Å². The summed E-state index contributed by atoms with van der Waals surface area (Å²) in [4.78, 5) is 0. The SMILES string of the molecule is CCC(=C(c1ccc(O)cc1)c1ccc(OCCCl)cc1)c1ccc2[nH]ncc2c1. The molecule has 0 aliphatic heterocycles. The third-order valence-electron chi connectivity index (χ3n) is 5.09. The van der Waals surface area contributed by atoms with Crippen molar-refractivity contribution in [1.82, 2.24) is 10.2 Å². The first-order valence-electron chi connectivity index (χ1n) is 9.95. The molecule has 0 amide bonds. The summed E-state index contributed by atoms with van der Waals surface area (Å²) >= 11 is 5.73. The van der Waals surface area contributed by atoms with Crippen LogP contribution in [0.3, 0.4) is 0 Å². The minimum atomic E-state index is 0.251. The molecule has 0 spiro atoms. The fourth-order valence-corrected chi connectivity index (χ4v) is 3.75. The molecule has 0 aliphatic rings. The summed E-state index contributed by atoms with van der Waals surface area (Å²) in [6.45, 7) is 2.64. The summed E-state index contributed by atoms with van der Waals surface area (Å²) in [5.41, 5.74) is 6.65. The second kappa shape index (κ2) is 9.06. The number of nitrogens with zero attached hydrogens (tertiary/aromatic N) is 1. The molecule has 0 bridgehead atoms. The maximum absolute atomic E-state index is 9.78. The highest BCUT2D eigenvalue weighted by Crippen LogP contribution is 2.36. The van der Waals surface area contributed by atoms with Gasteiger partial charge in [-0.25, -0.2) is 0 Å². The molecule has 1 heterocycles. The standard InChI is InChI=1S/C25H23ClN2O2/c1-2-23(19-7-12-24-20(15-19)16-27-28-24)25(17-3-8-21(29)9-4-17)18-5-10-22(11-6-18)30-14-13-26/h3-12,15-16,29H,2,13-14H2,1H3,(H,27,28). The highest BCUT2D eigenvalue weighted by atomic mass is 35.5. The number of rotatable bonds is 7. The van der Waals surface area contributed by atoms with E-state index in [2.05, 4.69) is 47.5 Å². The first kappa shape index (κ1) is 20.0. The predicted octanol–water partition coefficient (Wildman–Crippen LogP) is 6.26. The maximum atomic E-state index is 9.78. The first-order valence-corrected chi connectivity index (χ1v) is 10.5. The zero-order valence-electron chi connectivity index (χ0n) is 16.7. The summed E-state index contributed by atoms with van der Waals surface area (Å²) in [5.74, 6) is 1.50. The van der Waals surface area contributed by atoms with Gasteiger partial charge in [0.15, 0.2) is 0 Å². The Morgan fingerprint density at radius 2 is 1.63 bits per heavy atom. The number of fused-ring (bicyclic) bond motifs is 1. The molecule has 0 unspecified atom stereocenters. The number of nitrogens with one attached hydrogen (secondary N) is 1. The van der Waals surface area contributed by atoms with Crippen LogP contribution in [0.4, 0.5) is 0 Å². The molecule has 0 radical (unpaired) electrons. The molecule has 2 N–H and O–H groups in total. The van der Waals surface area contributed by atoms with Gasteiger partial charge in [0, 0.05) is 5.39 Å². The lowest BCUT2D eigenvalue weighted by atomic mass is 9.88. The van der Waals surface area contributed by atoms with E-state index in [1.54, 1.807) is 12.1 Å². The van der Waals surface area contributed by atoms with Crippen LogP contribution in [0.15, 0.2) is 72.9 Å². The lowest BCUT2D eigenvalue weighted by molar-refractivity contribution is 0.343. The molecular weight excluding hydrogens is 396 g/mol. The van der Waals surface area contributed by atoms with Crippen molar-refractivity contribution in [3.63, 3.8) is 0 Å². The van der Waals surface area contributed by atoms with Gasteiger partial charge in [0.25, 0.3) is 0 Å². The van der Waals surface area contributed by atoms with E-state index in [4.69, 9.17) is 16.3 Å². The van der Waals surface area contributed by atoms with Crippen molar-refractivity contribution in [3.05, 3.63) is 89.6 Å². The van der Waals surface area contributed by atoms with Gasteiger partial charge in [-0.3, -0.25) is 5.10 Å².